The molecule has 1 aromatic carbocycles. The zero-order valence-corrected chi connectivity index (χ0v) is 9.42. The molecule has 0 radical (unpaired) electrons. The van der Waals surface area contributed by atoms with Crippen molar-refractivity contribution in [1.82, 2.24) is 5.32 Å². The average molecular weight is 243 g/mol. The summed E-state index contributed by atoms with van der Waals surface area (Å²) in [5.74, 6) is -1.68. The fourth-order valence-corrected chi connectivity index (χ4v) is 1.69. The molecule has 1 fully saturated rings. The summed E-state index contributed by atoms with van der Waals surface area (Å²) < 4.78 is 36.9. The van der Waals surface area contributed by atoms with Crippen molar-refractivity contribution in [3.8, 4) is 0 Å². The number of hydrogen-bond donors (Lipinski definition) is 1. The monoisotopic (exact) mass is 243 g/mol. The Bertz CT molecular complexity index is 368. The number of rotatable bonds is 4. The second-order valence-corrected chi connectivity index (χ2v) is 3.92. The predicted molar refractivity (Wildman–Crippen MR) is 58.6 cm³/mol. The molecule has 1 aliphatic heterocycles. The Labute approximate surface area is 98.7 Å². The van der Waals surface area contributed by atoms with Crippen molar-refractivity contribution in [2.75, 3.05) is 26.3 Å². The zero-order valence-electron chi connectivity index (χ0n) is 9.42. The van der Waals surface area contributed by atoms with Crippen molar-refractivity contribution >= 4 is 0 Å². The van der Waals surface area contributed by atoms with E-state index in [1.54, 1.807) is 0 Å². The van der Waals surface area contributed by atoms with Gasteiger partial charge in [-0.3, -0.25) is 0 Å². The first kappa shape index (κ1) is 12.4. The van der Waals surface area contributed by atoms with E-state index in [0.29, 0.717) is 13.2 Å². The molecule has 17 heavy (non-hydrogen) atoms. The molecule has 0 saturated carbocycles. The lowest BCUT2D eigenvalue weighted by molar-refractivity contribution is -0.0362. The number of nitrogens with one attached hydrogen (secondary N) is 1. The van der Waals surface area contributed by atoms with Crippen molar-refractivity contribution < 1.29 is 18.3 Å². The molecule has 1 atom stereocenters. The molecule has 3 nitrogen and oxygen atoms in total. The third kappa shape index (κ3) is 3.46. The average Bonchev–Trinajstić information content (AvgIpc) is 2.36. The molecule has 1 aliphatic rings. The van der Waals surface area contributed by atoms with Gasteiger partial charge in [-0.15, -0.1) is 0 Å². The third-order valence-corrected chi connectivity index (χ3v) is 2.60. The summed E-state index contributed by atoms with van der Waals surface area (Å²) in [6.07, 6.45) is -0.0135. The van der Waals surface area contributed by atoms with Gasteiger partial charge >= 0.3 is 0 Å². The minimum Gasteiger partial charge on any atom is -0.374 e. The second-order valence-electron chi connectivity index (χ2n) is 3.92. The summed E-state index contributed by atoms with van der Waals surface area (Å²) in [7, 11) is 0. The van der Waals surface area contributed by atoms with Crippen molar-refractivity contribution in [1.29, 1.82) is 0 Å². The van der Waals surface area contributed by atoms with E-state index in [1.807, 2.05) is 0 Å². The summed E-state index contributed by atoms with van der Waals surface area (Å²) in [6.45, 7) is 2.66. The van der Waals surface area contributed by atoms with Crippen molar-refractivity contribution in [3.05, 3.63) is 35.4 Å². The normalized spacial score (nSPS) is 20.5. The van der Waals surface area contributed by atoms with Crippen LogP contribution >= 0.6 is 0 Å². The van der Waals surface area contributed by atoms with E-state index >= 15 is 0 Å². The van der Waals surface area contributed by atoms with E-state index in [9.17, 15) is 8.78 Å². The Hall–Kier alpha value is -1.04. The van der Waals surface area contributed by atoms with E-state index < -0.39 is 11.6 Å². The van der Waals surface area contributed by atoms with E-state index in [2.05, 4.69) is 5.32 Å². The van der Waals surface area contributed by atoms with Crippen LogP contribution in [0.5, 0.6) is 0 Å². The van der Waals surface area contributed by atoms with Crippen LogP contribution in [-0.4, -0.2) is 32.4 Å². The largest absolute Gasteiger partial charge is 0.374 e. The molecule has 2 rings (SSSR count). The Morgan fingerprint density at radius 1 is 1.41 bits per heavy atom. The van der Waals surface area contributed by atoms with Crippen LogP contribution in [0.3, 0.4) is 0 Å². The molecule has 1 aromatic rings. The van der Waals surface area contributed by atoms with Gasteiger partial charge in [0.05, 0.1) is 25.9 Å². The Morgan fingerprint density at radius 3 is 3.06 bits per heavy atom. The van der Waals surface area contributed by atoms with E-state index in [1.165, 1.54) is 12.1 Å². The zero-order chi connectivity index (χ0) is 12.1. The van der Waals surface area contributed by atoms with Crippen LogP contribution in [0.4, 0.5) is 8.78 Å². The minimum atomic E-state index is -0.846. The van der Waals surface area contributed by atoms with Gasteiger partial charge in [0.15, 0.2) is 11.6 Å². The molecule has 0 amide bonds. The third-order valence-electron chi connectivity index (χ3n) is 2.60. The van der Waals surface area contributed by atoms with Crippen LogP contribution < -0.4 is 5.32 Å². The molecule has 1 heterocycles. The van der Waals surface area contributed by atoms with Crippen LogP contribution in [-0.2, 0) is 16.1 Å². The number of benzene rings is 1. The quantitative estimate of drug-likeness (QED) is 0.868. The minimum absolute atomic E-state index is 0.0135. The topological polar surface area (TPSA) is 30.5 Å². The number of halogens is 2. The summed E-state index contributed by atoms with van der Waals surface area (Å²) in [6, 6.07) is 4.07. The molecule has 0 spiro atoms. The number of hydrogen-bond acceptors (Lipinski definition) is 3. The highest BCUT2D eigenvalue weighted by atomic mass is 19.2. The van der Waals surface area contributed by atoms with Crippen molar-refractivity contribution in [2.24, 2.45) is 0 Å². The fraction of sp³-hybridized carbons (Fsp3) is 0.500. The molecule has 1 N–H and O–H groups in total. The summed E-state index contributed by atoms with van der Waals surface area (Å²) >= 11 is 0. The maximum Gasteiger partial charge on any atom is 0.164 e. The smallest absolute Gasteiger partial charge is 0.164 e. The lowest BCUT2D eigenvalue weighted by Gasteiger charge is -2.23. The standard InChI is InChI=1S/C12H15F2NO2/c13-11-3-1-2-9(12(11)14)7-16-8-10-6-15-4-5-17-10/h1-3,10,15H,4-8H2. The lowest BCUT2D eigenvalue weighted by atomic mass is 10.2. The van der Waals surface area contributed by atoms with Crippen molar-refractivity contribution in [3.63, 3.8) is 0 Å². The first-order valence-electron chi connectivity index (χ1n) is 5.60. The molecule has 0 aromatic heterocycles. The number of ether oxygens (including phenoxy) is 2. The van der Waals surface area contributed by atoms with Gasteiger partial charge in [-0.05, 0) is 6.07 Å². The van der Waals surface area contributed by atoms with Gasteiger partial charge in [0.1, 0.15) is 0 Å². The summed E-state index contributed by atoms with van der Waals surface area (Å²) in [5.41, 5.74) is 0.230. The van der Waals surface area contributed by atoms with Gasteiger partial charge in [0.25, 0.3) is 0 Å². The van der Waals surface area contributed by atoms with Gasteiger partial charge in [0.2, 0.25) is 0 Å². The highest BCUT2D eigenvalue weighted by Gasteiger charge is 2.14. The predicted octanol–water partition coefficient (Wildman–Crippen LogP) is 1.47. The van der Waals surface area contributed by atoms with Crippen molar-refractivity contribution in [2.45, 2.75) is 12.7 Å². The Kier molecular flexibility index (Phi) is 4.42. The van der Waals surface area contributed by atoms with Crippen LogP contribution in [0.1, 0.15) is 5.56 Å². The lowest BCUT2D eigenvalue weighted by Crippen LogP contribution is -2.40. The van der Waals surface area contributed by atoms with Crippen LogP contribution in [0.15, 0.2) is 18.2 Å². The van der Waals surface area contributed by atoms with E-state index in [0.717, 1.165) is 19.2 Å². The van der Waals surface area contributed by atoms with E-state index in [-0.39, 0.29) is 18.3 Å². The second kappa shape index (κ2) is 6.05. The Balaban J connectivity index is 1.79. The first-order chi connectivity index (χ1) is 8.27. The maximum atomic E-state index is 13.3. The molecule has 0 aliphatic carbocycles. The molecule has 5 heteroatoms. The molecule has 1 unspecified atom stereocenters. The van der Waals surface area contributed by atoms with Gasteiger partial charge in [-0.1, -0.05) is 12.1 Å². The van der Waals surface area contributed by atoms with Gasteiger partial charge in [-0.25, -0.2) is 8.78 Å². The molecule has 1 saturated heterocycles. The van der Waals surface area contributed by atoms with Crippen LogP contribution in [0.2, 0.25) is 0 Å². The molecular formula is C12H15F2NO2. The van der Waals surface area contributed by atoms with E-state index in [4.69, 9.17) is 9.47 Å². The highest BCUT2D eigenvalue weighted by molar-refractivity contribution is 5.17. The maximum absolute atomic E-state index is 13.3. The Morgan fingerprint density at radius 2 is 2.29 bits per heavy atom. The van der Waals surface area contributed by atoms with Gasteiger partial charge in [0, 0.05) is 18.7 Å². The summed E-state index contributed by atoms with van der Waals surface area (Å²) in [4.78, 5) is 0. The van der Waals surface area contributed by atoms with Gasteiger partial charge < -0.3 is 14.8 Å². The molecule has 94 valence electrons. The molecule has 0 bridgehead atoms. The number of morpholine rings is 1. The fourth-order valence-electron chi connectivity index (χ4n) is 1.69. The van der Waals surface area contributed by atoms with Crippen LogP contribution in [0, 0.1) is 11.6 Å². The van der Waals surface area contributed by atoms with Crippen LogP contribution in [0.25, 0.3) is 0 Å². The highest BCUT2D eigenvalue weighted by Crippen LogP contribution is 2.12. The summed E-state index contributed by atoms with van der Waals surface area (Å²) in [5, 5.41) is 3.16. The molecular weight excluding hydrogens is 228 g/mol. The first-order valence-corrected chi connectivity index (χ1v) is 5.60. The SMILES string of the molecule is Fc1cccc(COCC2CNCCO2)c1F. The van der Waals surface area contributed by atoms with Gasteiger partial charge in [-0.2, -0.15) is 0 Å².